The number of nitrogens with zero attached hydrogens (tertiary/aromatic N) is 3. The van der Waals surface area contributed by atoms with Crippen LogP contribution in [0.3, 0.4) is 0 Å². The zero-order chi connectivity index (χ0) is 27.5. The van der Waals surface area contributed by atoms with Gasteiger partial charge in [-0.2, -0.15) is 0 Å². The minimum atomic E-state index is -0.748. The molecule has 0 saturated carbocycles. The Hall–Kier alpha value is -3.46. The molecular weight excluding hydrogens is 517 g/mol. The van der Waals surface area contributed by atoms with Crippen LogP contribution in [0.1, 0.15) is 54.1 Å². The predicted octanol–water partition coefficient (Wildman–Crippen LogP) is 6.01. The fourth-order valence-electron chi connectivity index (χ4n) is 5.47. The number of benzene rings is 2. The van der Waals surface area contributed by atoms with E-state index in [0.717, 1.165) is 42.2 Å². The molecule has 2 aliphatic rings. The summed E-state index contributed by atoms with van der Waals surface area (Å²) >= 11 is 1.46. The summed E-state index contributed by atoms with van der Waals surface area (Å²) in [6.07, 6.45) is 3.86. The van der Waals surface area contributed by atoms with Gasteiger partial charge in [-0.25, -0.2) is 9.37 Å². The van der Waals surface area contributed by atoms with Crippen molar-refractivity contribution in [3.05, 3.63) is 64.3 Å². The average molecular weight is 552 g/mol. The minimum absolute atomic E-state index is 0.0152. The maximum atomic E-state index is 14.3. The van der Waals surface area contributed by atoms with Crippen molar-refractivity contribution in [1.29, 1.82) is 0 Å². The van der Waals surface area contributed by atoms with Crippen LogP contribution in [-0.2, 0) is 11.4 Å². The molecule has 2 saturated heterocycles. The van der Waals surface area contributed by atoms with Gasteiger partial charge in [0.25, 0.3) is 5.91 Å². The number of halogens is 1. The maximum absolute atomic E-state index is 14.3. The number of carboxylic acid groups (broad SMARTS) is 1. The van der Waals surface area contributed by atoms with Crippen LogP contribution in [0.5, 0.6) is 5.75 Å². The number of amides is 1. The van der Waals surface area contributed by atoms with Crippen molar-refractivity contribution in [3.63, 3.8) is 0 Å². The smallest absolute Gasteiger partial charge is 0.306 e. The molecule has 39 heavy (non-hydrogen) atoms. The van der Waals surface area contributed by atoms with Gasteiger partial charge in [0.1, 0.15) is 18.2 Å². The van der Waals surface area contributed by atoms with Crippen LogP contribution < -0.4 is 9.64 Å². The van der Waals surface area contributed by atoms with Crippen LogP contribution in [0.4, 0.5) is 9.52 Å². The Labute approximate surface area is 232 Å². The highest BCUT2D eigenvalue weighted by Crippen LogP contribution is 2.36. The number of likely N-dealkylation sites (tertiary alicyclic amines) is 1. The number of ether oxygens (including phenoxy) is 1. The van der Waals surface area contributed by atoms with Gasteiger partial charge in [0, 0.05) is 42.7 Å². The van der Waals surface area contributed by atoms with E-state index in [1.54, 1.807) is 6.07 Å². The van der Waals surface area contributed by atoms with E-state index in [9.17, 15) is 19.1 Å². The molecule has 2 unspecified atom stereocenters. The summed E-state index contributed by atoms with van der Waals surface area (Å²) in [6, 6.07) is 10.1. The Morgan fingerprint density at radius 2 is 1.92 bits per heavy atom. The third-order valence-corrected chi connectivity index (χ3v) is 8.72. The van der Waals surface area contributed by atoms with E-state index in [2.05, 4.69) is 4.90 Å². The van der Waals surface area contributed by atoms with Crippen LogP contribution in [0.2, 0.25) is 0 Å². The molecule has 206 valence electrons. The normalized spacial score (nSPS) is 19.7. The van der Waals surface area contributed by atoms with Crippen LogP contribution in [0, 0.1) is 24.6 Å². The van der Waals surface area contributed by atoms with E-state index in [1.807, 2.05) is 42.3 Å². The van der Waals surface area contributed by atoms with Crippen molar-refractivity contribution in [2.45, 2.75) is 46.1 Å². The number of carbonyl (C=O) groups is 2. The molecule has 1 aromatic heterocycles. The number of carbonyl (C=O) groups excluding carboxylic acids is 1. The summed E-state index contributed by atoms with van der Waals surface area (Å²) < 4.78 is 20.4. The van der Waals surface area contributed by atoms with Crippen molar-refractivity contribution in [2.75, 3.05) is 31.1 Å². The van der Waals surface area contributed by atoms with Gasteiger partial charge in [0.15, 0.2) is 5.13 Å². The first-order chi connectivity index (χ1) is 18.8. The van der Waals surface area contributed by atoms with E-state index < -0.39 is 5.97 Å². The number of hydrogen-bond acceptors (Lipinski definition) is 6. The average Bonchev–Trinajstić information content (AvgIpc) is 3.43. The van der Waals surface area contributed by atoms with Crippen LogP contribution in [0.15, 0.2) is 41.8 Å². The molecule has 2 aliphatic heterocycles. The number of aliphatic carboxylic acids is 1. The van der Waals surface area contributed by atoms with E-state index in [-0.39, 0.29) is 30.2 Å². The molecule has 0 bridgehead atoms. The lowest BCUT2D eigenvalue weighted by Gasteiger charge is -2.34. The number of anilines is 1. The SMILES string of the molecule is Cc1cc(C(=O)N2CCCCC2)ccc1COc1ccc(F)cc1-c1csc(N2CCC(C(=O)O)C(C)C2)n1. The van der Waals surface area contributed by atoms with Crippen molar-refractivity contribution in [1.82, 2.24) is 9.88 Å². The summed E-state index contributed by atoms with van der Waals surface area (Å²) in [6.45, 7) is 7.07. The van der Waals surface area contributed by atoms with Crippen LogP contribution in [0.25, 0.3) is 11.3 Å². The summed E-state index contributed by atoms with van der Waals surface area (Å²) in [5.41, 5.74) is 3.81. The van der Waals surface area contributed by atoms with Crippen molar-refractivity contribution in [3.8, 4) is 17.0 Å². The highest BCUT2D eigenvalue weighted by molar-refractivity contribution is 7.14. The van der Waals surface area contributed by atoms with Gasteiger partial charge in [-0.3, -0.25) is 9.59 Å². The number of piperidine rings is 2. The summed E-state index contributed by atoms with van der Waals surface area (Å²) in [5.74, 6) is -0.849. The summed E-state index contributed by atoms with van der Waals surface area (Å²) in [5, 5.41) is 12.1. The Morgan fingerprint density at radius 3 is 2.64 bits per heavy atom. The summed E-state index contributed by atoms with van der Waals surface area (Å²) in [4.78, 5) is 33.1. The Bertz CT molecular complexity index is 1350. The van der Waals surface area contributed by atoms with Crippen molar-refractivity contribution in [2.24, 2.45) is 11.8 Å². The van der Waals surface area contributed by atoms with Gasteiger partial charge in [0.2, 0.25) is 0 Å². The highest BCUT2D eigenvalue weighted by Gasteiger charge is 2.32. The third kappa shape index (κ3) is 6.08. The number of aromatic nitrogens is 1. The van der Waals surface area contributed by atoms with Crippen LogP contribution in [-0.4, -0.2) is 53.0 Å². The Balaban J connectivity index is 1.29. The van der Waals surface area contributed by atoms with Gasteiger partial charge in [-0.1, -0.05) is 13.0 Å². The second kappa shape index (κ2) is 11.7. The number of carboxylic acids is 1. The molecule has 0 aliphatic carbocycles. The van der Waals surface area contributed by atoms with E-state index in [0.29, 0.717) is 42.1 Å². The lowest BCUT2D eigenvalue weighted by Crippen LogP contribution is -2.42. The van der Waals surface area contributed by atoms with Gasteiger partial charge in [0.05, 0.1) is 11.6 Å². The van der Waals surface area contributed by atoms with E-state index in [4.69, 9.17) is 9.72 Å². The molecule has 2 fully saturated rings. The Morgan fingerprint density at radius 1 is 1.13 bits per heavy atom. The first kappa shape index (κ1) is 27.1. The molecule has 5 rings (SSSR count). The van der Waals surface area contributed by atoms with Crippen molar-refractivity contribution < 1.29 is 23.8 Å². The number of hydrogen-bond donors (Lipinski definition) is 1. The third-order valence-electron chi connectivity index (χ3n) is 7.82. The maximum Gasteiger partial charge on any atom is 0.306 e. The molecule has 1 N–H and O–H groups in total. The van der Waals surface area contributed by atoms with Gasteiger partial charge < -0.3 is 19.6 Å². The molecule has 2 aromatic carbocycles. The zero-order valence-electron chi connectivity index (χ0n) is 22.4. The number of rotatable bonds is 7. The Kier molecular flexibility index (Phi) is 8.16. The fourth-order valence-corrected chi connectivity index (χ4v) is 6.34. The molecule has 2 atom stereocenters. The topological polar surface area (TPSA) is 83.0 Å². The van der Waals surface area contributed by atoms with Gasteiger partial charge in [-0.05, 0) is 80.0 Å². The number of aryl methyl sites for hydroxylation is 1. The van der Waals surface area contributed by atoms with Gasteiger partial charge >= 0.3 is 5.97 Å². The molecule has 9 heteroatoms. The highest BCUT2D eigenvalue weighted by atomic mass is 32.1. The van der Waals surface area contributed by atoms with E-state index >= 15 is 0 Å². The number of thiazole rings is 1. The predicted molar refractivity (Wildman–Crippen MR) is 150 cm³/mol. The molecule has 7 nitrogen and oxygen atoms in total. The quantitative estimate of drug-likeness (QED) is 0.387. The van der Waals surface area contributed by atoms with Crippen molar-refractivity contribution >= 4 is 28.3 Å². The first-order valence-corrected chi connectivity index (χ1v) is 14.4. The second-order valence-electron chi connectivity index (χ2n) is 10.6. The molecule has 0 spiro atoms. The largest absolute Gasteiger partial charge is 0.488 e. The van der Waals surface area contributed by atoms with E-state index in [1.165, 1.54) is 29.9 Å². The minimum Gasteiger partial charge on any atom is -0.488 e. The fraction of sp³-hybridized carbons (Fsp3) is 0.433. The molecule has 0 radical (unpaired) electrons. The molecule has 3 heterocycles. The molecule has 3 aromatic rings. The lowest BCUT2D eigenvalue weighted by atomic mass is 9.87. The monoisotopic (exact) mass is 551 g/mol. The molecular formula is C30H34FN3O4S. The van der Waals surface area contributed by atoms with Crippen LogP contribution >= 0.6 is 11.3 Å². The summed E-state index contributed by atoms with van der Waals surface area (Å²) in [7, 11) is 0. The van der Waals surface area contributed by atoms with Gasteiger partial charge in [-0.15, -0.1) is 11.3 Å². The molecule has 1 amide bonds. The standard InChI is InChI=1S/C30H34FN3O4S/c1-19-14-21(28(35)33-11-4-3-5-12-33)6-7-22(19)17-38-27-9-8-23(31)15-25(27)26-18-39-30(32-26)34-13-10-24(29(36)37)20(2)16-34/h6-9,14-15,18,20,24H,3-5,10-13,16-17H2,1-2H3,(H,36,37). The first-order valence-electron chi connectivity index (χ1n) is 13.5. The lowest BCUT2D eigenvalue weighted by molar-refractivity contribution is -0.144. The zero-order valence-corrected chi connectivity index (χ0v) is 23.2. The second-order valence-corrected chi connectivity index (χ2v) is 11.4.